The summed E-state index contributed by atoms with van der Waals surface area (Å²) in [6.45, 7) is 35.4. The smallest absolute Gasteiger partial charge is 0.0638 e. The molecule has 0 N–H and O–H groups in total. The fraction of sp³-hybridized carbons (Fsp3) is 1.00. The maximum absolute atomic E-state index is 6.85. The Labute approximate surface area is 351 Å². The van der Waals surface area contributed by atoms with Gasteiger partial charge in [0, 0.05) is 7.11 Å². The molecule has 0 heterocycles. The molecule has 0 spiro atoms. The molecule has 8 saturated carbocycles. The summed E-state index contributed by atoms with van der Waals surface area (Å²) in [6.07, 6.45) is 23.3. The molecule has 0 aromatic heterocycles. The van der Waals surface area contributed by atoms with Gasteiger partial charge in [0.2, 0.25) is 0 Å². The topological polar surface area (TPSA) is 9.23 Å². The van der Waals surface area contributed by atoms with Gasteiger partial charge in [0.05, 0.1) is 14.2 Å². The second kappa shape index (κ2) is 16.1. The molecule has 19 unspecified atom stereocenters. The van der Waals surface area contributed by atoms with Gasteiger partial charge in [-0.05, 0) is 231 Å². The highest BCUT2D eigenvalue weighted by atomic mass is 28.3. The van der Waals surface area contributed by atoms with Crippen LogP contribution in [0.25, 0.3) is 0 Å². The van der Waals surface area contributed by atoms with E-state index in [1.165, 1.54) is 44.9 Å². The molecule has 0 aromatic rings. The van der Waals surface area contributed by atoms with E-state index < -0.39 is 8.07 Å². The molecule has 8 rings (SSSR count). The van der Waals surface area contributed by atoms with Crippen LogP contribution in [0.3, 0.4) is 0 Å². The number of hydrogen-bond acceptors (Lipinski definition) is 1. The minimum Gasteiger partial charge on any atom is -0.381 e. The van der Waals surface area contributed by atoms with Crippen molar-refractivity contribution in [2.24, 2.45) is 130 Å². The van der Waals surface area contributed by atoms with Crippen molar-refractivity contribution in [2.45, 2.75) is 203 Å². The van der Waals surface area contributed by atoms with Crippen molar-refractivity contribution in [3.8, 4) is 0 Å². The number of fused-ring (bicyclic) bond motifs is 3. The van der Waals surface area contributed by atoms with Crippen molar-refractivity contribution < 1.29 is 4.74 Å². The van der Waals surface area contributed by atoms with Crippen molar-refractivity contribution in [1.29, 1.82) is 0 Å². The Bertz CT molecular complexity index is 1300. The molecule has 8 fully saturated rings. The minimum absolute atomic E-state index is 0.297. The van der Waals surface area contributed by atoms with Crippen LogP contribution in [0, 0.1) is 130 Å². The third kappa shape index (κ3) is 7.58. The molecular weight excluding hydrogens is 693 g/mol. The predicted octanol–water partition coefficient (Wildman–Crippen LogP) is 15.6. The second-order valence-corrected chi connectivity index (χ2v) is 31.8. The molecule has 0 saturated heterocycles. The van der Waals surface area contributed by atoms with Crippen LogP contribution in [0.5, 0.6) is 0 Å². The molecule has 0 bridgehead atoms. The Morgan fingerprint density at radius 3 is 1.34 bits per heavy atom. The Morgan fingerprint density at radius 2 is 0.857 bits per heavy atom. The zero-order valence-corrected chi connectivity index (χ0v) is 40.9. The predicted molar refractivity (Wildman–Crippen MR) is 243 cm³/mol. The van der Waals surface area contributed by atoms with Crippen LogP contribution < -0.4 is 0 Å². The zero-order chi connectivity index (χ0) is 40.2. The van der Waals surface area contributed by atoms with Crippen LogP contribution in [0.1, 0.15) is 172 Å². The number of rotatable bonds is 6. The van der Waals surface area contributed by atoms with Crippen LogP contribution in [0.2, 0.25) is 24.2 Å². The first-order valence-electron chi connectivity index (χ1n) is 25.9. The number of hydrogen-bond donors (Lipinski definition) is 0. The van der Waals surface area contributed by atoms with E-state index in [2.05, 4.69) is 96.4 Å². The van der Waals surface area contributed by atoms with Gasteiger partial charge in [-0.2, -0.15) is 0 Å². The van der Waals surface area contributed by atoms with E-state index in [0.29, 0.717) is 17.4 Å². The summed E-state index contributed by atoms with van der Waals surface area (Å²) in [4.78, 5) is 0. The third-order valence-electron chi connectivity index (χ3n) is 21.2. The molecule has 0 aliphatic heterocycles. The van der Waals surface area contributed by atoms with Crippen molar-refractivity contribution in [2.75, 3.05) is 7.11 Å². The molecule has 0 amide bonds. The number of ether oxygens (including phenoxy) is 1. The van der Waals surface area contributed by atoms with Gasteiger partial charge in [-0.3, -0.25) is 0 Å². The average Bonchev–Trinajstić information content (AvgIpc) is 3.79. The average molecular weight is 789 g/mol. The summed E-state index contributed by atoms with van der Waals surface area (Å²) >= 11 is 0. The zero-order valence-electron chi connectivity index (χ0n) is 39.9. The largest absolute Gasteiger partial charge is 0.381 e. The van der Waals surface area contributed by atoms with Gasteiger partial charge in [0.25, 0.3) is 0 Å². The van der Waals surface area contributed by atoms with E-state index in [9.17, 15) is 0 Å². The van der Waals surface area contributed by atoms with Gasteiger partial charge in [0.1, 0.15) is 0 Å². The first kappa shape index (κ1) is 42.9. The quantitative estimate of drug-likeness (QED) is 0.244. The summed E-state index contributed by atoms with van der Waals surface area (Å²) in [6, 6.07) is 0. The van der Waals surface area contributed by atoms with Gasteiger partial charge in [-0.1, -0.05) is 95.7 Å². The van der Waals surface area contributed by atoms with E-state index in [1.54, 1.807) is 51.4 Å². The Hall–Kier alpha value is 0.177. The van der Waals surface area contributed by atoms with E-state index in [-0.39, 0.29) is 0 Å². The van der Waals surface area contributed by atoms with Crippen molar-refractivity contribution in [1.82, 2.24) is 0 Å². The van der Waals surface area contributed by atoms with Gasteiger partial charge in [0.15, 0.2) is 0 Å². The van der Waals surface area contributed by atoms with Crippen LogP contribution in [-0.4, -0.2) is 21.3 Å². The lowest BCUT2D eigenvalue weighted by molar-refractivity contribution is -0.121. The second-order valence-electron chi connectivity index (χ2n) is 26.8. The highest BCUT2D eigenvalue weighted by Crippen LogP contribution is 2.73. The Balaban J connectivity index is 1.19. The van der Waals surface area contributed by atoms with E-state index in [0.717, 1.165) is 129 Å². The maximum atomic E-state index is 6.85. The first-order valence-corrected chi connectivity index (χ1v) is 29.1. The van der Waals surface area contributed by atoms with Crippen LogP contribution >= 0.6 is 0 Å². The Morgan fingerprint density at radius 1 is 0.429 bits per heavy atom. The highest BCUT2D eigenvalue weighted by molar-refractivity contribution is 6.80. The fourth-order valence-electron chi connectivity index (χ4n) is 20.9. The molecule has 8 aliphatic rings. The van der Waals surface area contributed by atoms with Crippen LogP contribution in [-0.2, 0) is 4.74 Å². The lowest BCUT2D eigenvalue weighted by atomic mass is 9.50. The molecular formula is C54H96OSi. The lowest BCUT2D eigenvalue weighted by Crippen LogP contribution is -2.56. The first-order chi connectivity index (χ1) is 26.4. The summed E-state index contributed by atoms with van der Waals surface area (Å²) in [5.74, 6) is 19.7. The summed E-state index contributed by atoms with van der Waals surface area (Å²) in [5, 5.41) is 0. The van der Waals surface area contributed by atoms with Gasteiger partial charge >= 0.3 is 0 Å². The standard InChI is InChI=1S/C54H96OSi/c1-30-18-31(2)22-38(21-30)47-41-16-15-17-42(41)48(39-23-32(3)19-33(4)24-39)50-45(47)28-37(8)53(50)56(13,14)52-36(7)27-43-44(52)29-46(54(9,10)11)51(55-12)49(43)40-25-34(5)20-35(6)26-40/h30-53H,15-29H2,1-14H3/t30?,31?,32?,33?,34?,35?,36?,37?,38?,39?,40?,41?,42?,43?,44?,45?,46?,47-,48?,49+,50?,51?,52?,53?/m0/s1. The number of methoxy groups -OCH3 is 1. The van der Waals surface area contributed by atoms with Crippen molar-refractivity contribution in [3.63, 3.8) is 0 Å². The minimum atomic E-state index is -1.74. The van der Waals surface area contributed by atoms with Crippen LogP contribution in [0.15, 0.2) is 0 Å². The normalized spacial score (nSPS) is 55.4. The van der Waals surface area contributed by atoms with Gasteiger partial charge in [-0.25, -0.2) is 0 Å². The van der Waals surface area contributed by atoms with Gasteiger partial charge < -0.3 is 4.74 Å². The molecule has 1 nitrogen and oxygen atoms in total. The summed E-state index contributed by atoms with van der Waals surface area (Å²) in [7, 11) is 0.386. The molecule has 21 atom stereocenters. The van der Waals surface area contributed by atoms with E-state index in [4.69, 9.17) is 4.74 Å². The SMILES string of the molecule is COC1C(C(C)(C)C)CC2C(CC(C)C2[Si](C)(C)C2C(C)CC3C2C(C2CC(C)CC(C)C2)C2CCCC2[C@@H]3C2CC(C)CC(C)C2)[C@H]1C1CC(C)CC(C)C1. The maximum Gasteiger partial charge on any atom is 0.0638 e. The van der Waals surface area contributed by atoms with E-state index >= 15 is 0 Å². The van der Waals surface area contributed by atoms with Crippen LogP contribution in [0.4, 0.5) is 0 Å². The highest BCUT2D eigenvalue weighted by Gasteiger charge is 2.67. The molecule has 0 aromatic carbocycles. The molecule has 56 heavy (non-hydrogen) atoms. The molecule has 2 heteroatoms. The fourth-order valence-corrected chi connectivity index (χ4v) is 27.5. The van der Waals surface area contributed by atoms with E-state index in [1.807, 2.05) is 0 Å². The third-order valence-corrected chi connectivity index (χ3v) is 26.6. The molecule has 0 radical (unpaired) electrons. The lowest BCUT2D eigenvalue weighted by Gasteiger charge is -2.59. The summed E-state index contributed by atoms with van der Waals surface area (Å²) in [5.41, 5.74) is 2.31. The summed E-state index contributed by atoms with van der Waals surface area (Å²) < 4.78 is 6.85. The Kier molecular flexibility index (Phi) is 12.3. The molecule has 322 valence electrons. The van der Waals surface area contributed by atoms with Gasteiger partial charge in [-0.15, -0.1) is 0 Å². The van der Waals surface area contributed by atoms with Crippen molar-refractivity contribution in [3.05, 3.63) is 0 Å². The van der Waals surface area contributed by atoms with Crippen molar-refractivity contribution >= 4 is 8.07 Å². The molecule has 8 aliphatic carbocycles. The monoisotopic (exact) mass is 789 g/mol.